The van der Waals surface area contributed by atoms with E-state index in [0.29, 0.717) is 31.4 Å². The number of ketones is 1. The third kappa shape index (κ3) is 16.9. The minimum atomic E-state index is -1.33. The van der Waals surface area contributed by atoms with Crippen LogP contribution in [0.5, 0.6) is 0 Å². The molecule has 2 aromatic carbocycles. The van der Waals surface area contributed by atoms with Crippen molar-refractivity contribution in [3.8, 4) is 0 Å². The van der Waals surface area contributed by atoms with E-state index in [1.165, 1.54) is 6.08 Å². The lowest BCUT2D eigenvalue weighted by Crippen LogP contribution is -2.57. The average molecular weight is 706 g/mol. The third-order valence-corrected chi connectivity index (χ3v) is 8.12. The van der Waals surface area contributed by atoms with Gasteiger partial charge in [-0.2, -0.15) is 0 Å². The average Bonchev–Trinajstić information content (AvgIpc) is 3.12. The van der Waals surface area contributed by atoms with Gasteiger partial charge in [-0.25, -0.2) is 0 Å². The minimum absolute atomic E-state index is 0.00862. The van der Waals surface area contributed by atoms with E-state index in [1.54, 1.807) is 54.6 Å². The van der Waals surface area contributed by atoms with Gasteiger partial charge in [-0.05, 0) is 49.7 Å². The predicted molar refractivity (Wildman–Crippen MR) is 193 cm³/mol. The first-order valence-corrected chi connectivity index (χ1v) is 17.2. The lowest BCUT2D eigenvalue weighted by atomic mass is 9.99. The summed E-state index contributed by atoms with van der Waals surface area (Å²) in [6.45, 7) is 5.48. The summed E-state index contributed by atoms with van der Waals surface area (Å²) in [5.74, 6) is -4.36. The zero-order valence-corrected chi connectivity index (χ0v) is 29.2. The van der Waals surface area contributed by atoms with Gasteiger partial charge >= 0.3 is 11.9 Å². The first-order chi connectivity index (χ1) is 24.4. The maximum Gasteiger partial charge on any atom is 0.306 e. The van der Waals surface area contributed by atoms with Crippen LogP contribution in [-0.4, -0.2) is 70.4 Å². The van der Waals surface area contributed by atoms with Crippen LogP contribution >= 0.6 is 0 Å². The van der Waals surface area contributed by atoms with Crippen molar-refractivity contribution in [1.29, 1.82) is 5.41 Å². The van der Waals surface area contributed by atoms with Crippen LogP contribution in [0.15, 0.2) is 73.3 Å². The summed E-state index contributed by atoms with van der Waals surface area (Å²) in [5.41, 5.74) is 8.00. The number of amides is 3. The minimum Gasteiger partial charge on any atom is -0.481 e. The highest BCUT2D eigenvalue weighted by Crippen LogP contribution is 2.12. The van der Waals surface area contributed by atoms with E-state index < -0.39 is 66.0 Å². The van der Waals surface area contributed by atoms with Crippen LogP contribution in [0.2, 0.25) is 0 Å². The van der Waals surface area contributed by atoms with Crippen molar-refractivity contribution in [3.63, 3.8) is 0 Å². The standard InChI is InChI=1S/C38H51N5O8/c1-3-13-29(40)36(48)43-32(24-26-14-7-5-8-15-26)38(50)42-31(20-23-35(47)51-25-27-16-9-6-10-17-27)37(49)41-30(33(44)21-22-34(45)46)19-12-11-18-28(39)4-2/h3,5-10,14-17,29-32,39H,1,4,11-13,18-25,40H2,2H3,(H,41,49)(H,42,50)(H,43,48)(H,45,46)/t29-,30-,31-,32+/m0/s1. The molecule has 51 heavy (non-hydrogen) atoms. The molecule has 4 atom stereocenters. The van der Waals surface area contributed by atoms with Crippen LogP contribution in [0.3, 0.4) is 0 Å². The molecule has 276 valence electrons. The van der Waals surface area contributed by atoms with Crippen molar-refractivity contribution in [2.75, 3.05) is 0 Å². The fraction of sp³-hybridized carbons (Fsp3) is 0.447. The van der Waals surface area contributed by atoms with Crippen LogP contribution < -0.4 is 21.7 Å². The van der Waals surface area contributed by atoms with Crippen molar-refractivity contribution in [1.82, 2.24) is 16.0 Å². The maximum absolute atomic E-state index is 13.8. The van der Waals surface area contributed by atoms with Gasteiger partial charge in [-0.1, -0.05) is 80.1 Å². The van der Waals surface area contributed by atoms with Crippen molar-refractivity contribution in [2.24, 2.45) is 5.73 Å². The number of carboxylic acids is 1. The SMILES string of the molecule is C=CC[C@H](N)C(=O)N[C@H](Cc1ccccc1)C(=O)N[C@@H](CCC(=O)OCc1ccccc1)C(=O)N[C@@H](CCCCC(=N)CC)C(=O)CCC(=O)O. The first-order valence-electron chi connectivity index (χ1n) is 17.2. The molecule has 0 aliphatic carbocycles. The van der Waals surface area contributed by atoms with Crippen LogP contribution in [0, 0.1) is 5.41 Å². The predicted octanol–water partition coefficient (Wildman–Crippen LogP) is 3.53. The molecule has 0 bridgehead atoms. The summed E-state index contributed by atoms with van der Waals surface area (Å²) >= 11 is 0. The number of Topliss-reactive ketones (excluding diaryl/α,β-unsaturated/α-hetero) is 1. The molecule has 2 rings (SSSR count). The van der Waals surface area contributed by atoms with Crippen molar-refractivity contribution >= 4 is 41.2 Å². The van der Waals surface area contributed by atoms with E-state index in [9.17, 15) is 28.8 Å². The number of unbranched alkanes of at least 4 members (excludes halogenated alkanes) is 1. The van der Waals surface area contributed by atoms with E-state index in [1.807, 2.05) is 13.0 Å². The number of hydrogen-bond acceptors (Lipinski definition) is 9. The van der Waals surface area contributed by atoms with E-state index in [2.05, 4.69) is 22.5 Å². The van der Waals surface area contributed by atoms with Crippen LogP contribution in [0.1, 0.15) is 82.3 Å². The van der Waals surface area contributed by atoms with Crippen molar-refractivity contribution < 1.29 is 38.6 Å². The summed E-state index contributed by atoms with van der Waals surface area (Å²) in [7, 11) is 0. The first kappa shape index (κ1) is 42.0. The van der Waals surface area contributed by atoms with E-state index in [0.717, 1.165) is 11.1 Å². The zero-order valence-electron chi connectivity index (χ0n) is 29.2. The van der Waals surface area contributed by atoms with Gasteiger partial charge in [-0.15, -0.1) is 6.58 Å². The Kier molecular flexibility index (Phi) is 19.2. The molecule has 0 saturated heterocycles. The molecule has 0 aliphatic rings. The molecule has 0 saturated carbocycles. The number of hydrogen-bond donors (Lipinski definition) is 6. The van der Waals surface area contributed by atoms with Gasteiger partial charge in [0.15, 0.2) is 5.78 Å². The molecule has 2 aromatic rings. The Bertz CT molecular complexity index is 1470. The van der Waals surface area contributed by atoms with Gasteiger partial charge in [-0.3, -0.25) is 28.8 Å². The number of ether oxygens (including phenoxy) is 1. The fourth-order valence-corrected chi connectivity index (χ4v) is 5.09. The largest absolute Gasteiger partial charge is 0.481 e. The van der Waals surface area contributed by atoms with E-state index in [-0.39, 0.29) is 45.1 Å². The second-order valence-corrected chi connectivity index (χ2v) is 12.3. The molecular weight excluding hydrogens is 654 g/mol. The van der Waals surface area contributed by atoms with Gasteiger partial charge < -0.3 is 36.9 Å². The number of rotatable bonds is 25. The molecule has 0 radical (unpaired) electrons. The molecule has 0 heterocycles. The van der Waals surface area contributed by atoms with Crippen molar-refractivity contribution in [3.05, 3.63) is 84.4 Å². The molecule has 0 aromatic heterocycles. The molecule has 0 fully saturated rings. The highest BCUT2D eigenvalue weighted by atomic mass is 16.5. The smallest absolute Gasteiger partial charge is 0.306 e. The molecule has 7 N–H and O–H groups in total. The lowest BCUT2D eigenvalue weighted by molar-refractivity contribution is -0.145. The van der Waals surface area contributed by atoms with Gasteiger partial charge in [0.05, 0.1) is 18.5 Å². The molecule has 0 aliphatic heterocycles. The maximum atomic E-state index is 13.8. The summed E-state index contributed by atoms with van der Waals surface area (Å²) in [4.78, 5) is 77.5. The highest BCUT2D eigenvalue weighted by Gasteiger charge is 2.31. The Morgan fingerprint density at radius 1 is 0.784 bits per heavy atom. The summed E-state index contributed by atoms with van der Waals surface area (Å²) in [6, 6.07) is 13.4. The van der Waals surface area contributed by atoms with E-state index in [4.69, 9.17) is 21.0 Å². The van der Waals surface area contributed by atoms with Crippen LogP contribution in [0.25, 0.3) is 0 Å². The number of benzene rings is 2. The second kappa shape index (κ2) is 23.3. The molecular formula is C38H51N5O8. The molecule has 13 heteroatoms. The van der Waals surface area contributed by atoms with Crippen LogP contribution in [0.4, 0.5) is 0 Å². The number of aliphatic carboxylic acids is 1. The Morgan fingerprint density at radius 3 is 1.98 bits per heavy atom. The Morgan fingerprint density at radius 2 is 1.37 bits per heavy atom. The Labute approximate surface area is 299 Å². The number of carboxylic acid groups (broad SMARTS) is 1. The number of nitrogens with one attached hydrogen (secondary N) is 4. The van der Waals surface area contributed by atoms with E-state index >= 15 is 0 Å². The third-order valence-electron chi connectivity index (χ3n) is 8.12. The summed E-state index contributed by atoms with van der Waals surface area (Å²) in [6.07, 6.45) is 2.89. The van der Waals surface area contributed by atoms with Gasteiger partial charge in [0.1, 0.15) is 18.7 Å². The topological polar surface area (TPSA) is 218 Å². The lowest BCUT2D eigenvalue weighted by Gasteiger charge is -2.26. The fourth-order valence-electron chi connectivity index (χ4n) is 5.09. The van der Waals surface area contributed by atoms with Crippen molar-refractivity contribution in [2.45, 2.75) is 108 Å². The highest BCUT2D eigenvalue weighted by molar-refractivity contribution is 5.96. The molecule has 0 spiro atoms. The number of esters is 1. The quantitative estimate of drug-likeness (QED) is 0.0385. The molecule has 3 amide bonds. The Balaban J connectivity index is 2.30. The Hall–Kier alpha value is -5.17. The van der Waals surface area contributed by atoms with Crippen LogP contribution in [-0.2, 0) is 46.5 Å². The summed E-state index contributed by atoms with van der Waals surface area (Å²) in [5, 5.41) is 25.0. The zero-order chi connectivity index (χ0) is 37.6. The van der Waals surface area contributed by atoms with Gasteiger partial charge in [0.2, 0.25) is 17.7 Å². The number of nitrogens with two attached hydrogens (primary N) is 1. The van der Waals surface area contributed by atoms with Gasteiger partial charge in [0, 0.05) is 25.0 Å². The number of carbonyl (C=O) groups excluding carboxylic acids is 5. The normalized spacial score (nSPS) is 13.1. The summed E-state index contributed by atoms with van der Waals surface area (Å²) < 4.78 is 5.37. The number of carbonyl (C=O) groups is 6. The molecule has 13 nitrogen and oxygen atoms in total. The molecule has 0 unspecified atom stereocenters. The second-order valence-electron chi connectivity index (χ2n) is 12.3. The monoisotopic (exact) mass is 705 g/mol. The van der Waals surface area contributed by atoms with Gasteiger partial charge in [0.25, 0.3) is 0 Å².